The van der Waals surface area contributed by atoms with Crippen LogP contribution in [0.25, 0.3) is 0 Å². The van der Waals surface area contributed by atoms with Gasteiger partial charge in [-0.05, 0) is 29.5 Å². The molecule has 0 unspecified atom stereocenters. The number of nitrogens with one attached hydrogen (secondary N) is 1. The molecule has 0 saturated carbocycles. The third-order valence-corrected chi connectivity index (χ3v) is 6.51. The van der Waals surface area contributed by atoms with Crippen LogP contribution in [0.1, 0.15) is 134 Å². The maximum absolute atomic E-state index is 12.4. The number of carbonyl (C=O) groups is 1. The summed E-state index contributed by atoms with van der Waals surface area (Å²) in [7, 11) is 0. The molecule has 1 N–H and O–H groups in total. The third-order valence-electron chi connectivity index (χ3n) is 5.86. The van der Waals surface area contributed by atoms with Gasteiger partial charge >= 0.3 is 0 Å². The predicted molar refractivity (Wildman–Crippen MR) is 135 cm³/mol. The fourth-order valence-electron chi connectivity index (χ4n) is 3.89. The lowest BCUT2D eigenvalue weighted by Crippen LogP contribution is -2.24. The summed E-state index contributed by atoms with van der Waals surface area (Å²) in [6.45, 7) is 9.60. The van der Waals surface area contributed by atoms with Crippen LogP contribution in [0.5, 0.6) is 0 Å². The van der Waals surface area contributed by atoms with Gasteiger partial charge in [0.05, 0.1) is 0 Å². The van der Waals surface area contributed by atoms with Crippen LogP contribution in [-0.2, 0) is 5.41 Å². The van der Waals surface area contributed by atoms with Gasteiger partial charge in [0, 0.05) is 16.6 Å². The predicted octanol–water partition coefficient (Wildman–Crippen LogP) is 8.96. The van der Waals surface area contributed by atoms with Crippen LogP contribution in [0.3, 0.4) is 0 Å². The number of unbranched alkanes of at least 4 members (excludes halogenated alkanes) is 13. The second-order valence-electron chi connectivity index (χ2n) is 9.80. The second-order valence-corrected chi connectivity index (χ2v) is 10.7. The summed E-state index contributed by atoms with van der Waals surface area (Å²) in [4.78, 5) is 12.4. The zero-order valence-electron chi connectivity index (χ0n) is 20.1. The van der Waals surface area contributed by atoms with E-state index in [4.69, 9.17) is 0 Å². The Morgan fingerprint density at radius 1 is 0.800 bits per heavy atom. The van der Waals surface area contributed by atoms with Crippen LogP contribution >= 0.6 is 15.9 Å². The number of rotatable bonds is 16. The maximum Gasteiger partial charge on any atom is 0.251 e. The summed E-state index contributed by atoms with van der Waals surface area (Å²) in [6.07, 6.45) is 19.0. The van der Waals surface area contributed by atoms with E-state index in [2.05, 4.69) is 55.0 Å². The molecular formula is C27H46BrNO. The maximum atomic E-state index is 12.4. The van der Waals surface area contributed by atoms with Crippen molar-refractivity contribution in [3.63, 3.8) is 0 Å². The van der Waals surface area contributed by atoms with Gasteiger partial charge in [-0.25, -0.2) is 0 Å². The van der Waals surface area contributed by atoms with Gasteiger partial charge in [0.2, 0.25) is 0 Å². The molecule has 172 valence electrons. The van der Waals surface area contributed by atoms with Gasteiger partial charge in [0.1, 0.15) is 0 Å². The van der Waals surface area contributed by atoms with E-state index in [1.54, 1.807) is 0 Å². The Morgan fingerprint density at radius 3 is 1.70 bits per heavy atom. The van der Waals surface area contributed by atoms with Crippen molar-refractivity contribution >= 4 is 21.8 Å². The highest BCUT2D eigenvalue weighted by Crippen LogP contribution is 2.30. The second kappa shape index (κ2) is 15.9. The minimum Gasteiger partial charge on any atom is -0.352 e. The van der Waals surface area contributed by atoms with E-state index in [0.29, 0.717) is 0 Å². The molecule has 0 atom stereocenters. The van der Waals surface area contributed by atoms with E-state index in [1.165, 1.54) is 89.0 Å². The highest BCUT2D eigenvalue weighted by molar-refractivity contribution is 9.10. The van der Waals surface area contributed by atoms with Gasteiger partial charge in [-0.1, -0.05) is 133 Å². The fourth-order valence-corrected chi connectivity index (χ4v) is 4.86. The van der Waals surface area contributed by atoms with Gasteiger partial charge in [0.15, 0.2) is 0 Å². The van der Waals surface area contributed by atoms with Gasteiger partial charge < -0.3 is 5.32 Å². The normalized spacial score (nSPS) is 11.6. The quantitative estimate of drug-likeness (QED) is 0.235. The minimum absolute atomic E-state index is 0.0332. The third kappa shape index (κ3) is 12.1. The van der Waals surface area contributed by atoms with E-state index >= 15 is 0 Å². The topological polar surface area (TPSA) is 29.1 Å². The van der Waals surface area contributed by atoms with Crippen molar-refractivity contribution in [1.82, 2.24) is 5.32 Å². The number of halogens is 1. The molecule has 1 amide bonds. The molecule has 0 saturated heterocycles. The molecular weight excluding hydrogens is 434 g/mol. The zero-order valence-corrected chi connectivity index (χ0v) is 21.7. The molecule has 3 heteroatoms. The van der Waals surface area contributed by atoms with Crippen molar-refractivity contribution in [2.24, 2.45) is 0 Å². The zero-order chi connectivity index (χ0) is 22.2. The summed E-state index contributed by atoms with van der Waals surface area (Å²) < 4.78 is 1.01. The fraction of sp³-hybridized carbons (Fsp3) is 0.741. The first-order valence-electron chi connectivity index (χ1n) is 12.4. The largest absolute Gasteiger partial charge is 0.352 e. The monoisotopic (exact) mass is 479 g/mol. The number of hydrogen-bond donors (Lipinski definition) is 1. The molecule has 0 aromatic heterocycles. The molecule has 30 heavy (non-hydrogen) atoms. The Balaban J connectivity index is 2.00. The Morgan fingerprint density at radius 2 is 1.27 bits per heavy atom. The van der Waals surface area contributed by atoms with Crippen molar-refractivity contribution in [3.05, 3.63) is 33.8 Å². The summed E-state index contributed by atoms with van der Waals surface area (Å²) in [6, 6.07) is 5.94. The Kier molecular flexibility index (Phi) is 14.4. The van der Waals surface area contributed by atoms with E-state index in [-0.39, 0.29) is 11.3 Å². The molecule has 0 heterocycles. The van der Waals surface area contributed by atoms with Crippen molar-refractivity contribution in [2.75, 3.05) is 6.54 Å². The Hall–Kier alpha value is -0.830. The van der Waals surface area contributed by atoms with Gasteiger partial charge in [-0.15, -0.1) is 0 Å². The van der Waals surface area contributed by atoms with Crippen molar-refractivity contribution in [2.45, 2.75) is 123 Å². The van der Waals surface area contributed by atoms with Crippen LogP contribution in [0.15, 0.2) is 22.7 Å². The van der Waals surface area contributed by atoms with E-state index in [9.17, 15) is 4.79 Å². The van der Waals surface area contributed by atoms with E-state index in [0.717, 1.165) is 23.0 Å². The number of hydrogen-bond acceptors (Lipinski definition) is 1. The lowest BCUT2D eigenvalue weighted by molar-refractivity contribution is 0.0953. The summed E-state index contributed by atoms with van der Waals surface area (Å²) >= 11 is 3.62. The molecule has 1 rings (SSSR count). The Bertz CT molecular complexity index is 591. The van der Waals surface area contributed by atoms with Gasteiger partial charge in [-0.3, -0.25) is 4.79 Å². The first-order valence-corrected chi connectivity index (χ1v) is 13.2. The molecule has 2 nitrogen and oxygen atoms in total. The van der Waals surface area contributed by atoms with Crippen LogP contribution in [0.4, 0.5) is 0 Å². The van der Waals surface area contributed by atoms with Gasteiger partial charge in [-0.2, -0.15) is 0 Å². The number of carbonyl (C=O) groups excluding carboxylic acids is 1. The average Bonchev–Trinajstić information content (AvgIpc) is 2.69. The smallest absolute Gasteiger partial charge is 0.251 e. The number of benzene rings is 1. The molecule has 1 aromatic carbocycles. The van der Waals surface area contributed by atoms with E-state index in [1.807, 2.05) is 12.1 Å². The van der Waals surface area contributed by atoms with E-state index < -0.39 is 0 Å². The highest BCUT2D eigenvalue weighted by atomic mass is 79.9. The average molecular weight is 481 g/mol. The standard InChI is InChI=1S/C27H46BrNO/c1-5-6-7-8-9-10-11-12-13-14-15-16-17-18-21-29-26(30)23-19-20-24(25(28)22-23)27(2,3)4/h19-20,22H,5-18,21H2,1-4H3,(H,29,30). The first-order chi connectivity index (χ1) is 14.4. The molecule has 0 spiro atoms. The molecule has 0 aliphatic rings. The minimum atomic E-state index is 0.0332. The van der Waals surface area contributed by atoms with Crippen molar-refractivity contribution in [1.29, 1.82) is 0 Å². The summed E-state index contributed by atoms with van der Waals surface area (Å²) in [5.74, 6) is 0.0332. The van der Waals surface area contributed by atoms with Crippen molar-refractivity contribution in [3.8, 4) is 0 Å². The van der Waals surface area contributed by atoms with Crippen molar-refractivity contribution < 1.29 is 4.79 Å². The molecule has 0 aliphatic carbocycles. The lowest BCUT2D eigenvalue weighted by atomic mass is 9.86. The first kappa shape index (κ1) is 27.2. The van der Waals surface area contributed by atoms with Crippen LogP contribution in [0, 0.1) is 0 Å². The molecule has 0 fully saturated rings. The molecule has 1 aromatic rings. The van der Waals surface area contributed by atoms with Crippen LogP contribution < -0.4 is 5.32 Å². The molecule has 0 aliphatic heterocycles. The molecule has 0 radical (unpaired) electrons. The van der Waals surface area contributed by atoms with Crippen LogP contribution in [0.2, 0.25) is 0 Å². The Labute approximate surface area is 195 Å². The molecule has 0 bridgehead atoms. The lowest BCUT2D eigenvalue weighted by Gasteiger charge is -2.21. The number of amides is 1. The van der Waals surface area contributed by atoms with Crippen LogP contribution in [-0.4, -0.2) is 12.5 Å². The van der Waals surface area contributed by atoms with Gasteiger partial charge in [0.25, 0.3) is 5.91 Å². The summed E-state index contributed by atoms with van der Waals surface area (Å²) in [5, 5.41) is 3.07. The highest BCUT2D eigenvalue weighted by Gasteiger charge is 2.18. The SMILES string of the molecule is CCCCCCCCCCCCCCCCNC(=O)c1ccc(C(C)(C)C)c(Br)c1. The summed E-state index contributed by atoms with van der Waals surface area (Å²) in [5.41, 5.74) is 2.04.